The SMILES string of the molecule is CC(C)(C)OC(C)(C)C.O=CC1CO1. The first kappa shape index (κ1) is 13.6. The molecule has 0 amide bonds. The summed E-state index contributed by atoms with van der Waals surface area (Å²) in [7, 11) is 0. The molecule has 0 N–H and O–H groups in total. The molecule has 0 saturated carbocycles. The van der Waals surface area contributed by atoms with Crippen LogP contribution in [0.3, 0.4) is 0 Å². The van der Waals surface area contributed by atoms with E-state index in [1.807, 2.05) is 0 Å². The summed E-state index contributed by atoms with van der Waals surface area (Å²) in [6, 6.07) is 0. The minimum Gasteiger partial charge on any atom is -0.370 e. The Morgan fingerprint density at radius 3 is 1.50 bits per heavy atom. The molecule has 3 heteroatoms. The molecule has 1 aliphatic heterocycles. The first-order valence-corrected chi connectivity index (χ1v) is 4.91. The highest BCUT2D eigenvalue weighted by molar-refractivity contribution is 5.58. The summed E-state index contributed by atoms with van der Waals surface area (Å²) < 4.78 is 10.1. The van der Waals surface area contributed by atoms with E-state index in [1.54, 1.807) is 0 Å². The van der Waals surface area contributed by atoms with Crippen LogP contribution >= 0.6 is 0 Å². The quantitative estimate of drug-likeness (QED) is 0.483. The van der Waals surface area contributed by atoms with Crippen LogP contribution in [0.1, 0.15) is 41.5 Å². The average molecular weight is 202 g/mol. The number of rotatable bonds is 1. The summed E-state index contributed by atoms with van der Waals surface area (Å²) in [6.45, 7) is 13.0. The number of carbonyl (C=O) groups excluding carboxylic acids is 1. The van der Waals surface area contributed by atoms with Crippen LogP contribution in [-0.4, -0.2) is 30.2 Å². The minimum atomic E-state index is -0.0463. The van der Waals surface area contributed by atoms with Gasteiger partial charge in [0, 0.05) is 0 Å². The van der Waals surface area contributed by atoms with Crippen LogP contribution in [0.25, 0.3) is 0 Å². The molecule has 0 spiro atoms. The van der Waals surface area contributed by atoms with Crippen molar-refractivity contribution in [3.05, 3.63) is 0 Å². The molecule has 0 bridgehead atoms. The summed E-state index contributed by atoms with van der Waals surface area (Å²) in [6.07, 6.45) is 0.759. The van der Waals surface area contributed by atoms with Gasteiger partial charge in [-0.2, -0.15) is 0 Å². The molecule has 0 aliphatic carbocycles. The summed E-state index contributed by atoms with van der Waals surface area (Å²) in [5.74, 6) is 0. The third kappa shape index (κ3) is 11.6. The molecule has 1 atom stereocenters. The molecule has 1 unspecified atom stereocenters. The Labute approximate surface area is 86.8 Å². The first-order valence-electron chi connectivity index (χ1n) is 4.91. The van der Waals surface area contributed by atoms with Gasteiger partial charge in [0.15, 0.2) is 6.29 Å². The van der Waals surface area contributed by atoms with E-state index in [2.05, 4.69) is 46.3 Å². The number of ether oxygens (including phenoxy) is 2. The molecule has 14 heavy (non-hydrogen) atoms. The van der Waals surface area contributed by atoms with Gasteiger partial charge in [0.2, 0.25) is 0 Å². The Balaban J connectivity index is 0.000000280. The maximum absolute atomic E-state index is 9.44. The lowest BCUT2D eigenvalue weighted by atomic mass is 10.1. The molecule has 1 saturated heterocycles. The maximum Gasteiger partial charge on any atom is 0.151 e. The molecule has 0 aromatic rings. The van der Waals surface area contributed by atoms with Gasteiger partial charge in [0.05, 0.1) is 17.8 Å². The predicted molar refractivity (Wildman–Crippen MR) is 56.4 cm³/mol. The van der Waals surface area contributed by atoms with Gasteiger partial charge in [-0.05, 0) is 41.5 Å². The van der Waals surface area contributed by atoms with Crippen LogP contribution in [-0.2, 0) is 14.3 Å². The highest BCUT2D eigenvalue weighted by Crippen LogP contribution is 2.17. The zero-order valence-electron chi connectivity index (χ0n) is 10.1. The highest BCUT2D eigenvalue weighted by atomic mass is 16.6. The molecule has 3 nitrogen and oxygen atoms in total. The van der Waals surface area contributed by atoms with E-state index in [9.17, 15) is 4.79 Å². The van der Waals surface area contributed by atoms with E-state index in [-0.39, 0.29) is 17.3 Å². The molecule has 0 radical (unpaired) electrons. The van der Waals surface area contributed by atoms with Crippen molar-refractivity contribution in [3.8, 4) is 0 Å². The summed E-state index contributed by atoms with van der Waals surface area (Å²) >= 11 is 0. The lowest BCUT2D eigenvalue weighted by Crippen LogP contribution is -2.31. The largest absolute Gasteiger partial charge is 0.370 e. The van der Waals surface area contributed by atoms with Crippen molar-refractivity contribution in [3.63, 3.8) is 0 Å². The minimum absolute atomic E-state index is 0.0156. The Bertz CT molecular complexity index is 158. The zero-order valence-corrected chi connectivity index (χ0v) is 10.1. The molecular formula is C11H22O3. The number of epoxide rings is 1. The molecular weight excluding hydrogens is 180 g/mol. The van der Waals surface area contributed by atoms with Gasteiger partial charge in [-0.1, -0.05) is 0 Å². The normalized spacial score (nSPS) is 20.9. The van der Waals surface area contributed by atoms with Gasteiger partial charge in [-0.3, -0.25) is 0 Å². The van der Waals surface area contributed by atoms with Crippen molar-refractivity contribution in [2.45, 2.75) is 58.8 Å². The van der Waals surface area contributed by atoms with Gasteiger partial charge in [-0.25, -0.2) is 0 Å². The standard InChI is InChI=1S/C8H18O.C3H4O2/c1-7(2,3)9-8(4,5)6;4-1-3-2-5-3/h1-6H3;1,3H,2H2. The molecule has 0 aromatic carbocycles. The third-order valence-electron chi connectivity index (χ3n) is 1.12. The zero-order chi connectivity index (χ0) is 11.4. The molecule has 1 fully saturated rings. The average Bonchev–Trinajstić information content (AvgIpc) is 2.59. The predicted octanol–water partition coefficient (Wildman–Crippen LogP) is 2.18. The lowest BCUT2D eigenvalue weighted by molar-refractivity contribution is -0.108. The topological polar surface area (TPSA) is 38.8 Å². The van der Waals surface area contributed by atoms with Crippen LogP contribution in [0, 0.1) is 0 Å². The Kier molecular flexibility index (Phi) is 4.75. The fraction of sp³-hybridized carbons (Fsp3) is 0.909. The summed E-state index contributed by atoms with van der Waals surface area (Å²) in [4.78, 5) is 9.44. The van der Waals surface area contributed by atoms with E-state index in [0.717, 1.165) is 6.29 Å². The number of hydrogen-bond donors (Lipinski definition) is 0. The lowest BCUT2D eigenvalue weighted by Gasteiger charge is -2.30. The van der Waals surface area contributed by atoms with E-state index >= 15 is 0 Å². The molecule has 84 valence electrons. The first-order chi connectivity index (χ1) is 6.14. The fourth-order valence-corrected chi connectivity index (χ4v) is 1.05. The van der Waals surface area contributed by atoms with Gasteiger partial charge in [0.25, 0.3) is 0 Å². The summed E-state index contributed by atoms with van der Waals surface area (Å²) in [5.41, 5.74) is -0.0312. The van der Waals surface area contributed by atoms with Crippen LogP contribution in [0.15, 0.2) is 0 Å². The van der Waals surface area contributed by atoms with Crippen LogP contribution in [0.2, 0.25) is 0 Å². The van der Waals surface area contributed by atoms with E-state index < -0.39 is 0 Å². The maximum atomic E-state index is 9.44. The molecule has 1 aliphatic rings. The molecule has 1 heterocycles. The second kappa shape index (κ2) is 4.89. The van der Waals surface area contributed by atoms with Crippen LogP contribution in [0.4, 0.5) is 0 Å². The monoisotopic (exact) mass is 202 g/mol. The van der Waals surface area contributed by atoms with Crippen LogP contribution < -0.4 is 0 Å². The Morgan fingerprint density at radius 1 is 1.14 bits per heavy atom. The third-order valence-corrected chi connectivity index (χ3v) is 1.12. The Morgan fingerprint density at radius 2 is 1.50 bits per heavy atom. The molecule has 1 rings (SSSR count). The van der Waals surface area contributed by atoms with Crippen molar-refractivity contribution >= 4 is 6.29 Å². The van der Waals surface area contributed by atoms with Crippen molar-refractivity contribution in [1.29, 1.82) is 0 Å². The van der Waals surface area contributed by atoms with Gasteiger partial charge in [-0.15, -0.1) is 0 Å². The number of aldehydes is 1. The van der Waals surface area contributed by atoms with E-state index in [1.165, 1.54) is 0 Å². The van der Waals surface area contributed by atoms with Gasteiger partial charge >= 0.3 is 0 Å². The smallest absolute Gasteiger partial charge is 0.151 e. The van der Waals surface area contributed by atoms with Gasteiger partial charge in [0.1, 0.15) is 6.10 Å². The van der Waals surface area contributed by atoms with Crippen LogP contribution in [0.5, 0.6) is 0 Å². The van der Waals surface area contributed by atoms with Crippen molar-refractivity contribution in [2.24, 2.45) is 0 Å². The highest BCUT2D eigenvalue weighted by Gasteiger charge is 2.20. The number of carbonyl (C=O) groups is 1. The second-order valence-electron chi connectivity index (χ2n) is 5.33. The van der Waals surface area contributed by atoms with Gasteiger partial charge < -0.3 is 14.3 Å². The summed E-state index contributed by atoms with van der Waals surface area (Å²) in [5, 5.41) is 0. The van der Waals surface area contributed by atoms with E-state index in [4.69, 9.17) is 4.74 Å². The fourth-order valence-electron chi connectivity index (χ4n) is 1.05. The van der Waals surface area contributed by atoms with E-state index in [0.29, 0.717) is 6.61 Å². The number of hydrogen-bond acceptors (Lipinski definition) is 3. The molecule has 0 aromatic heterocycles. The van der Waals surface area contributed by atoms with Crippen molar-refractivity contribution in [1.82, 2.24) is 0 Å². The Hall–Kier alpha value is -0.410. The second-order valence-corrected chi connectivity index (χ2v) is 5.33. The van der Waals surface area contributed by atoms with Crippen molar-refractivity contribution in [2.75, 3.05) is 6.61 Å². The van der Waals surface area contributed by atoms with Crippen molar-refractivity contribution < 1.29 is 14.3 Å².